The summed E-state index contributed by atoms with van der Waals surface area (Å²) in [6, 6.07) is 13.8. The minimum atomic E-state index is 0.821. The Kier molecular flexibility index (Phi) is 3.88. The molecule has 2 aromatic carbocycles. The minimum Gasteiger partial charge on any atom is -0.497 e. The van der Waals surface area contributed by atoms with Crippen molar-refractivity contribution < 1.29 is 9.47 Å². The van der Waals surface area contributed by atoms with Crippen LogP contribution in [-0.2, 0) is 6.42 Å². The first-order chi connectivity index (χ1) is 8.72. The maximum absolute atomic E-state index is 5.82. The Hall–Kier alpha value is -1.96. The molecule has 0 unspecified atom stereocenters. The lowest BCUT2D eigenvalue weighted by Crippen LogP contribution is -1.90. The lowest BCUT2D eigenvalue weighted by molar-refractivity contribution is 0.413. The van der Waals surface area contributed by atoms with Gasteiger partial charge in [0, 0.05) is 0 Å². The Morgan fingerprint density at radius 3 is 2.11 bits per heavy atom. The summed E-state index contributed by atoms with van der Waals surface area (Å²) in [5.41, 5.74) is 2.63. The first-order valence-electron chi connectivity index (χ1n) is 6.14. The van der Waals surface area contributed by atoms with Crippen molar-refractivity contribution in [1.29, 1.82) is 0 Å². The zero-order chi connectivity index (χ0) is 13.0. The average molecular weight is 242 g/mol. The molecule has 18 heavy (non-hydrogen) atoms. The van der Waals surface area contributed by atoms with Crippen LogP contribution in [0.5, 0.6) is 17.2 Å². The van der Waals surface area contributed by atoms with E-state index < -0.39 is 0 Å². The molecule has 0 fully saturated rings. The fourth-order valence-corrected chi connectivity index (χ4v) is 1.87. The number of hydrogen-bond donors (Lipinski definition) is 0. The van der Waals surface area contributed by atoms with Gasteiger partial charge in [0.05, 0.1) is 7.11 Å². The van der Waals surface area contributed by atoms with Gasteiger partial charge in [-0.2, -0.15) is 0 Å². The molecule has 0 N–H and O–H groups in total. The molecule has 0 bridgehead atoms. The molecule has 0 saturated carbocycles. The summed E-state index contributed by atoms with van der Waals surface area (Å²) in [7, 11) is 1.66. The van der Waals surface area contributed by atoms with Gasteiger partial charge in [0.25, 0.3) is 0 Å². The zero-order valence-electron chi connectivity index (χ0n) is 11.1. The van der Waals surface area contributed by atoms with E-state index in [1.54, 1.807) is 7.11 Å². The molecule has 2 heteroatoms. The third-order valence-corrected chi connectivity index (χ3v) is 3.00. The zero-order valence-corrected chi connectivity index (χ0v) is 11.1. The monoisotopic (exact) mass is 242 g/mol. The van der Waals surface area contributed by atoms with Crippen molar-refractivity contribution >= 4 is 0 Å². The van der Waals surface area contributed by atoms with Crippen LogP contribution in [0.25, 0.3) is 0 Å². The summed E-state index contributed by atoms with van der Waals surface area (Å²) < 4.78 is 10.9. The molecule has 0 spiro atoms. The molecule has 2 nitrogen and oxygen atoms in total. The molecule has 0 amide bonds. The molecule has 0 heterocycles. The van der Waals surface area contributed by atoms with Crippen molar-refractivity contribution in [3.05, 3.63) is 53.6 Å². The van der Waals surface area contributed by atoms with Crippen molar-refractivity contribution in [1.82, 2.24) is 0 Å². The van der Waals surface area contributed by atoms with Crippen LogP contribution in [0.2, 0.25) is 0 Å². The van der Waals surface area contributed by atoms with E-state index in [4.69, 9.17) is 9.47 Å². The molecule has 0 saturated heterocycles. The fourth-order valence-electron chi connectivity index (χ4n) is 1.87. The van der Waals surface area contributed by atoms with Crippen LogP contribution < -0.4 is 9.47 Å². The van der Waals surface area contributed by atoms with E-state index in [-0.39, 0.29) is 0 Å². The summed E-state index contributed by atoms with van der Waals surface area (Å²) in [6.45, 7) is 4.27. The van der Waals surface area contributed by atoms with Crippen molar-refractivity contribution in [3.63, 3.8) is 0 Å². The highest BCUT2D eigenvalue weighted by Gasteiger charge is 2.01. The van der Waals surface area contributed by atoms with Gasteiger partial charge in [-0.3, -0.25) is 0 Å². The van der Waals surface area contributed by atoms with Crippen molar-refractivity contribution in [2.75, 3.05) is 7.11 Å². The second-order valence-corrected chi connectivity index (χ2v) is 4.22. The molecule has 0 aliphatic carbocycles. The quantitative estimate of drug-likeness (QED) is 0.793. The van der Waals surface area contributed by atoms with Crippen LogP contribution >= 0.6 is 0 Å². The van der Waals surface area contributed by atoms with E-state index in [9.17, 15) is 0 Å². The summed E-state index contributed by atoms with van der Waals surface area (Å²) in [4.78, 5) is 0. The van der Waals surface area contributed by atoms with Crippen LogP contribution in [0.15, 0.2) is 42.5 Å². The third-order valence-electron chi connectivity index (χ3n) is 3.00. The third kappa shape index (κ3) is 2.83. The van der Waals surface area contributed by atoms with E-state index in [0.29, 0.717) is 0 Å². The second-order valence-electron chi connectivity index (χ2n) is 4.22. The van der Waals surface area contributed by atoms with Gasteiger partial charge in [-0.25, -0.2) is 0 Å². The van der Waals surface area contributed by atoms with Gasteiger partial charge in [-0.15, -0.1) is 0 Å². The highest BCUT2D eigenvalue weighted by atomic mass is 16.5. The first kappa shape index (κ1) is 12.5. The summed E-state index contributed by atoms with van der Waals surface area (Å²) in [6.07, 6.45) is 1.02. The normalized spacial score (nSPS) is 10.2. The Balaban J connectivity index is 2.17. The second kappa shape index (κ2) is 5.58. The van der Waals surface area contributed by atoms with Crippen LogP contribution in [0.1, 0.15) is 18.1 Å². The molecule has 0 aliphatic rings. The smallest absolute Gasteiger partial charge is 0.127 e. The van der Waals surface area contributed by atoms with E-state index in [2.05, 4.69) is 26.0 Å². The Bertz CT molecular complexity index is 515. The molecule has 2 rings (SSSR count). The molecular formula is C16H18O2. The summed E-state index contributed by atoms with van der Waals surface area (Å²) in [5, 5.41) is 0. The van der Waals surface area contributed by atoms with Crippen LogP contribution in [0, 0.1) is 6.92 Å². The SMILES string of the molecule is CCc1cc(Oc2ccc(OC)cc2)ccc1C. The molecule has 0 aliphatic heterocycles. The molecule has 0 radical (unpaired) electrons. The fraction of sp³-hybridized carbons (Fsp3) is 0.250. The molecular weight excluding hydrogens is 224 g/mol. The van der Waals surface area contributed by atoms with Crippen molar-refractivity contribution in [2.24, 2.45) is 0 Å². The van der Waals surface area contributed by atoms with E-state index in [0.717, 1.165) is 23.7 Å². The summed E-state index contributed by atoms with van der Waals surface area (Å²) in [5.74, 6) is 2.53. The maximum atomic E-state index is 5.82. The number of benzene rings is 2. The highest BCUT2D eigenvalue weighted by Crippen LogP contribution is 2.25. The van der Waals surface area contributed by atoms with Gasteiger partial charge in [0.2, 0.25) is 0 Å². The number of aryl methyl sites for hydroxylation is 2. The highest BCUT2D eigenvalue weighted by molar-refractivity contribution is 5.39. The number of rotatable bonds is 4. The minimum absolute atomic E-state index is 0.821. The number of hydrogen-bond acceptors (Lipinski definition) is 2. The largest absolute Gasteiger partial charge is 0.497 e. The Morgan fingerprint density at radius 1 is 0.889 bits per heavy atom. The molecule has 0 aromatic heterocycles. The molecule has 94 valence electrons. The van der Waals surface area contributed by atoms with Crippen molar-refractivity contribution in [2.45, 2.75) is 20.3 Å². The standard InChI is InChI=1S/C16H18O2/c1-4-13-11-16(6-5-12(13)2)18-15-9-7-14(17-3)8-10-15/h5-11H,4H2,1-3H3. The van der Waals surface area contributed by atoms with Gasteiger partial charge >= 0.3 is 0 Å². The molecule has 0 atom stereocenters. The van der Waals surface area contributed by atoms with Gasteiger partial charge in [-0.1, -0.05) is 13.0 Å². The maximum Gasteiger partial charge on any atom is 0.127 e. The van der Waals surface area contributed by atoms with Crippen LogP contribution in [-0.4, -0.2) is 7.11 Å². The number of methoxy groups -OCH3 is 1. The van der Waals surface area contributed by atoms with E-state index in [1.807, 2.05) is 30.3 Å². The predicted octanol–water partition coefficient (Wildman–Crippen LogP) is 4.36. The van der Waals surface area contributed by atoms with Crippen LogP contribution in [0.3, 0.4) is 0 Å². The van der Waals surface area contributed by atoms with Gasteiger partial charge < -0.3 is 9.47 Å². The average Bonchev–Trinajstić information content (AvgIpc) is 2.42. The lowest BCUT2D eigenvalue weighted by atomic mass is 10.1. The Morgan fingerprint density at radius 2 is 1.50 bits per heavy atom. The Labute approximate surface area is 108 Å². The van der Waals surface area contributed by atoms with Crippen molar-refractivity contribution in [3.8, 4) is 17.2 Å². The number of ether oxygens (including phenoxy) is 2. The first-order valence-corrected chi connectivity index (χ1v) is 6.14. The van der Waals surface area contributed by atoms with Gasteiger partial charge in [-0.05, 0) is 60.9 Å². The van der Waals surface area contributed by atoms with E-state index in [1.165, 1.54) is 11.1 Å². The topological polar surface area (TPSA) is 18.5 Å². The van der Waals surface area contributed by atoms with Gasteiger partial charge in [0.15, 0.2) is 0 Å². The lowest BCUT2D eigenvalue weighted by Gasteiger charge is -2.09. The van der Waals surface area contributed by atoms with Crippen LogP contribution in [0.4, 0.5) is 0 Å². The van der Waals surface area contributed by atoms with E-state index >= 15 is 0 Å². The summed E-state index contributed by atoms with van der Waals surface area (Å²) >= 11 is 0. The predicted molar refractivity (Wildman–Crippen MR) is 73.6 cm³/mol. The molecule has 2 aromatic rings. The van der Waals surface area contributed by atoms with Gasteiger partial charge in [0.1, 0.15) is 17.2 Å².